The predicted molar refractivity (Wildman–Crippen MR) is 35.9 cm³/mol. The largest absolute Gasteiger partial charge is 0.375 e. The zero-order valence-corrected chi connectivity index (χ0v) is 5.73. The minimum Gasteiger partial charge on any atom is -0.375 e. The number of halogens is 1. The third kappa shape index (κ3) is 1.44. The Bertz CT molecular complexity index is 120. The minimum atomic E-state index is -0.978. The molecule has 1 fully saturated rings. The summed E-state index contributed by atoms with van der Waals surface area (Å²) < 4.78 is 13.0. The van der Waals surface area contributed by atoms with Crippen molar-refractivity contribution in [1.29, 1.82) is 0 Å². The lowest BCUT2D eigenvalue weighted by molar-refractivity contribution is 0.203. The molecule has 0 saturated carbocycles. The summed E-state index contributed by atoms with van der Waals surface area (Å²) in [6.07, 6.45) is 2.34. The number of alkyl halides is 1. The molecular weight excluding hydrogens is 117 g/mol. The van der Waals surface area contributed by atoms with E-state index in [1.807, 2.05) is 4.90 Å². The second kappa shape index (κ2) is 2.01. The van der Waals surface area contributed by atoms with Crippen LogP contribution in [-0.2, 0) is 0 Å². The lowest BCUT2D eigenvalue weighted by atomic mass is 10.1. The first-order valence-electron chi connectivity index (χ1n) is 3.19. The Morgan fingerprint density at radius 1 is 1.78 bits per heavy atom. The zero-order chi connectivity index (χ0) is 6.91. The van der Waals surface area contributed by atoms with E-state index in [-0.39, 0.29) is 0 Å². The summed E-state index contributed by atoms with van der Waals surface area (Å²) in [5.41, 5.74) is -0.978. The molecule has 1 rings (SSSR count). The maximum absolute atomic E-state index is 13.0. The summed E-state index contributed by atoms with van der Waals surface area (Å²) in [5, 5.41) is 0. The van der Waals surface area contributed by atoms with E-state index in [0.717, 1.165) is 6.54 Å². The molecule has 0 unspecified atom stereocenters. The van der Waals surface area contributed by atoms with Crippen LogP contribution in [0, 0.1) is 0 Å². The highest BCUT2D eigenvalue weighted by Gasteiger charge is 2.31. The number of rotatable bonds is 1. The van der Waals surface area contributed by atoms with E-state index in [4.69, 9.17) is 0 Å². The lowest BCUT2D eigenvalue weighted by Crippen LogP contribution is -2.21. The molecule has 1 nitrogen and oxygen atoms in total. The van der Waals surface area contributed by atoms with Gasteiger partial charge in [-0.15, -0.1) is 0 Å². The summed E-state index contributed by atoms with van der Waals surface area (Å²) in [6.45, 7) is 6.53. The monoisotopic (exact) mass is 129 g/mol. The first kappa shape index (κ1) is 6.59. The summed E-state index contributed by atoms with van der Waals surface area (Å²) >= 11 is 0. The Balaban J connectivity index is 2.47. The van der Waals surface area contributed by atoms with Gasteiger partial charge in [-0.3, -0.25) is 0 Å². The number of hydrogen-bond acceptors (Lipinski definition) is 1. The zero-order valence-electron chi connectivity index (χ0n) is 5.73. The Hall–Kier alpha value is -0.530. The molecule has 2 heteroatoms. The van der Waals surface area contributed by atoms with Gasteiger partial charge in [0.05, 0.1) is 6.54 Å². The first-order valence-corrected chi connectivity index (χ1v) is 3.19. The average Bonchev–Trinajstić information content (AvgIpc) is 2.10. The molecular formula is C7H12FN. The van der Waals surface area contributed by atoms with Gasteiger partial charge >= 0.3 is 0 Å². The van der Waals surface area contributed by atoms with E-state index in [1.165, 1.54) is 0 Å². The number of likely N-dealkylation sites (tertiary alicyclic amines) is 1. The van der Waals surface area contributed by atoms with Crippen molar-refractivity contribution in [2.45, 2.75) is 19.0 Å². The highest BCUT2D eigenvalue weighted by Crippen LogP contribution is 2.24. The van der Waals surface area contributed by atoms with Gasteiger partial charge in [-0.05, 0) is 13.1 Å². The van der Waals surface area contributed by atoms with Gasteiger partial charge in [0, 0.05) is 13.0 Å². The Morgan fingerprint density at radius 2 is 2.44 bits per heavy atom. The van der Waals surface area contributed by atoms with Crippen molar-refractivity contribution >= 4 is 0 Å². The van der Waals surface area contributed by atoms with E-state index in [2.05, 4.69) is 6.58 Å². The van der Waals surface area contributed by atoms with Crippen molar-refractivity contribution in [2.75, 3.05) is 13.1 Å². The molecule has 0 aromatic rings. The van der Waals surface area contributed by atoms with Crippen molar-refractivity contribution in [1.82, 2.24) is 4.90 Å². The maximum Gasteiger partial charge on any atom is 0.127 e. The van der Waals surface area contributed by atoms with Crippen LogP contribution in [0.15, 0.2) is 12.8 Å². The molecule has 0 aromatic heterocycles. The van der Waals surface area contributed by atoms with Crippen LogP contribution in [0.3, 0.4) is 0 Å². The minimum absolute atomic E-state index is 0.510. The Kier molecular flexibility index (Phi) is 1.47. The lowest BCUT2D eigenvalue weighted by Gasteiger charge is -2.13. The molecule has 1 aliphatic heterocycles. The van der Waals surface area contributed by atoms with E-state index < -0.39 is 5.67 Å². The van der Waals surface area contributed by atoms with E-state index >= 15 is 0 Å². The summed E-state index contributed by atoms with van der Waals surface area (Å²) in [7, 11) is 0. The van der Waals surface area contributed by atoms with Crippen molar-refractivity contribution in [3.63, 3.8) is 0 Å². The SMILES string of the molecule is C=CN1CC[C@](C)(F)C1. The van der Waals surface area contributed by atoms with E-state index in [9.17, 15) is 4.39 Å². The smallest absolute Gasteiger partial charge is 0.127 e. The topological polar surface area (TPSA) is 3.24 Å². The van der Waals surface area contributed by atoms with Crippen LogP contribution in [0.5, 0.6) is 0 Å². The maximum atomic E-state index is 13.0. The molecule has 0 spiro atoms. The van der Waals surface area contributed by atoms with Crippen molar-refractivity contribution < 1.29 is 4.39 Å². The van der Waals surface area contributed by atoms with Crippen molar-refractivity contribution in [3.05, 3.63) is 12.8 Å². The fraction of sp³-hybridized carbons (Fsp3) is 0.714. The number of nitrogens with zero attached hydrogens (tertiary/aromatic N) is 1. The third-order valence-corrected chi connectivity index (χ3v) is 1.71. The normalized spacial score (nSPS) is 35.1. The Morgan fingerprint density at radius 3 is 2.67 bits per heavy atom. The van der Waals surface area contributed by atoms with Crippen LogP contribution in [0.4, 0.5) is 4.39 Å². The standard InChI is InChI=1S/C7H12FN/c1-3-9-5-4-7(2,8)6-9/h3H,1,4-6H2,2H3/t7-/m0/s1. The van der Waals surface area contributed by atoms with Gasteiger partial charge in [0.25, 0.3) is 0 Å². The molecule has 0 N–H and O–H groups in total. The fourth-order valence-electron chi connectivity index (χ4n) is 1.11. The van der Waals surface area contributed by atoms with Gasteiger partial charge in [0.2, 0.25) is 0 Å². The third-order valence-electron chi connectivity index (χ3n) is 1.71. The van der Waals surface area contributed by atoms with E-state index in [1.54, 1.807) is 13.1 Å². The van der Waals surface area contributed by atoms with Crippen molar-refractivity contribution in [2.24, 2.45) is 0 Å². The second-order valence-electron chi connectivity index (χ2n) is 2.82. The molecule has 52 valence electrons. The van der Waals surface area contributed by atoms with Crippen LogP contribution in [0.2, 0.25) is 0 Å². The van der Waals surface area contributed by atoms with Gasteiger partial charge in [-0.1, -0.05) is 6.58 Å². The second-order valence-corrected chi connectivity index (χ2v) is 2.82. The van der Waals surface area contributed by atoms with Crippen LogP contribution in [0.1, 0.15) is 13.3 Å². The summed E-state index contributed by atoms with van der Waals surface area (Å²) in [6, 6.07) is 0. The highest BCUT2D eigenvalue weighted by molar-refractivity contribution is 4.90. The van der Waals surface area contributed by atoms with Crippen molar-refractivity contribution in [3.8, 4) is 0 Å². The fourth-order valence-corrected chi connectivity index (χ4v) is 1.11. The molecule has 1 saturated heterocycles. The molecule has 1 atom stereocenters. The van der Waals surface area contributed by atoms with Crippen LogP contribution >= 0.6 is 0 Å². The van der Waals surface area contributed by atoms with Gasteiger partial charge in [0.15, 0.2) is 0 Å². The van der Waals surface area contributed by atoms with Gasteiger partial charge < -0.3 is 4.90 Å². The van der Waals surface area contributed by atoms with E-state index in [0.29, 0.717) is 13.0 Å². The van der Waals surface area contributed by atoms with Gasteiger partial charge in [-0.25, -0.2) is 4.39 Å². The van der Waals surface area contributed by atoms with Crippen LogP contribution < -0.4 is 0 Å². The average molecular weight is 129 g/mol. The van der Waals surface area contributed by atoms with Gasteiger partial charge in [-0.2, -0.15) is 0 Å². The Labute approximate surface area is 55.2 Å². The molecule has 0 aromatic carbocycles. The summed E-state index contributed by atoms with van der Waals surface area (Å²) in [4.78, 5) is 1.90. The quantitative estimate of drug-likeness (QED) is 0.519. The number of hydrogen-bond donors (Lipinski definition) is 0. The molecule has 1 aliphatic rings. The van der Waals surface area contributed by atoms with Crippen LogP contribution in [0.25, 0.3) is 0 Å². The molecule has 1 heterocycles. The molecule has 9 heavy (non-hydrogen) atoms. The highest BCUT2D eigenvalue weighted by atomic mass is 19.1. The molecule has 0 radical (unpaired) electrons. The van der Waals surface area contributed by atoms with Gasteiger partial charge in [0.1, 0.15) is 5.67 Å². The first-order chi connectivity index (χ1) is 4.14. The molecule has 0 bridgehead atoms. The summed E-state index contributed by atoms with van der Waals surface area (Å²) in [5.74, 6) is 0. The molecule has 0 aliphatic carbocycles. The predicted octanol–water partition coefficient (Wildman–Crippen LogP) is 1.56. The van der Waals surface area contributed by atoms with Crippen LogP contribution in [-0.4, -0.2) is 23.7 Å². The molecule has 0 amide bonds.